The summed E-state index contributed by atoms with van der Waals surface area (Å²) in [6.45, 7) is 9.72. The number of hydrogen-bond acceptors (Lipinski definition) is 4. The molecule has 2 N–H and O–H groups in total. The van der Waals surface area contributed by atoms with Gasteiger partial charge in [0.05, 0.1) is 7.11 Å². The van der Waals surface area contributed by atoms with Crippen molar-refractivity contribution in [1.29, 1.82) is 0 Å². The van der Waals surface area contributed by atoms with Gasteiger partial charge in [0.25, 0.3) is 0 Å². The Kier molecular flexibility index (Phi) is 11.3. The topological polar surface area (TPSA) is 84.5 Å². The number of unbranched alkanes of at least 4 members (excludes halogenated alkanes) is 2. The van der Waals surface area contributed by atoms with Crippen molar-refractivity contribution in [2.45, 2.75) is 98.1 Å². The molecule has 0 aromatic heterocycles. The highest BCUT2D eigenvalue weighted by Crippen LogP contribution is 2.32. The first-order chi connectivity index (χ1) is 13.7. The van der Waals surface area contributed by atoms with Crippen molar-refractivity contribution >= 4 is 17.8 Å². The maximum Gasteiger partial charge on any atom is 0.328 e. The van der Waals surface area contributed by atoms with Crippen LogP contribution >= 0.6 is 0 Å². The number of ether oxygens (including phenoxy) is 1. The molecule has 0 spiro atoms. The van der Waals surface area contributed by atoms with Crippen LogP contribution in [-0.2, 0) is 19.1 Å². The van der Waals surface area contributed by atoms with Gasteiger partial charge in [-0.2, -0.15) is 0 Å². The van der Waals surface area contributed by atoms with Gasteiger partial charge in [0.1, 0.15) is 12.1 Å². The van der Waals surface area contributed by atoms with Gasteiger partial charge in [0, 0.05) is 5.92 Å². The maximum absolute atomic E-state index is 12.8. The standard InChI is InChI=1S/C23H42N2O4/c1-7-8-9-10-17-11-13-18(14-12-17)21(26)24-19(15(2)3)22(27)25-20(16(4)5)23(28)29-6/h15-20H,7-14H2,1-6H3,(H,24,26)(H,25,27)/t17?,18?,19-,20-/m0/s1. The second kappa shape index (κ2) is 12.9. The summed E-state index contributed by atoms with van der Waals surface area (Å²) in [6, 6.07) is -1.38. The molecule has 168 valence electrons. The van der Waals surface area contributed by atoms with Gasteiger partial charge in [0.15, 0.2) is 0 Å². The first kappa shape index (κ1) is 25.4. The van der Waals surface area contributed by atoms with Crippen LogP contribution in [0, 0.1) is 23.7 Å². The molecule has 1 saturated carbocycles. The molecule has 1 aliphatic carbocycles. The van der Waals surface area contributed by atoms with Gasteiger partial charge in [-0.25, -0.2) is 4.79 Å². The average molecular weight is 411 g/mol. The van der Waals surface area contributed by atoms with Gasteiger partial charge < -0.3 is 15.4 Å². The fraction of sp³-hybridized carbons (Fsp3) is 0.870. The summed E-state index contributed by atoms with van der Waals surface area (Å²) in [4.78, 5) is 37.6. The molecule has 0 saturated heterocycles. The van der Waals surface area contributed by atoms with E-state index in [4.69, 9.17) is 4.74 Å². The molecule has 0 radical (unpaired) electrons. The third kappa shape index (κ3) is 8.35. The monoisotopic (exact) mass is 410 g/mol. The predicted molar refractivity (Wildman–Crippen MR) is 115 cm³/mol. The zero-order valence-corrected chi connectivity index (χ0v) is 19.3. The molecular weight excluding hydrogens is 368 g/mol. The van der Waals surface area contributed by atoms with Crippen molar-refractivity contribution in [3.63, 3.8) is 0 Å². The molecule has 0 aromatic carbocycles. The Morgan fingerprint density at radius 1 is 0.897 bits per heavy atom. The summed E-state index contributed by atoms with van der Waals surface area (Å²) < 4.78 is 4.80. The van der Waals surface area contributed by atoms with Crippen LogP contribution in [0.5, 0.6) is 0 Å². The van der Waals surface area contributed by atoms with Crippen LogP contribution in [0.4, 0.5) is 0 Å². The largest absolute Gasteiger partial charge is 0.467 e. The maximum atomic E-state index is 12.8. The van der Waals surface area contributed by atoms with Crippen molar-refractivity contribution in [1.82, 2.24) is 10.6 Å². The van der Waals surface area contributed by atoms with Crippen LogP contribution < -0.4 is 10.6 Å². The molecule has 0 aliphatic heterocycles. The highest BCUT2D eigenvalue weighted by Gasteiger charge is 2.33. The molecule has 0 bridgehead atoms. The summed E-state index contributed by atoms with van der Waals surface area (Å²) in [5.74, 6) is -0.290. The third-order valence-corrected chi connectivity index (χ3v) is 6.10. The lowest BCUT2D eigenvalue weighted by Gasteiger charge is -2.30. The van der Waals surface area contributed by atoms with Crippen molar-refractivity contribution in [3.8, 4) is 0 Å². The summed E-state index contributed by atoms with van der Waals surface area (Å²) in [5, 5.41) is 5.72. The lowest BCUT2D eigenvalue weighted by molar-refractivity contribution is -0.147. The first-order valence-corrected chi connectivity index (χ1v) is 11.4. The number of carbonyl (C=O) groups excluding carboxylic acids is 3. The molecular formula is C23H42N2O4. The van der Waals surface area contributed by atoms with Crippen LogP contribution in [0.1, 0.15) is 86.0 Å². The quantitative estimate of drug-likeness (QED) is 0.400. The first-order valence-electron chi connectivity index (χ1n) is 11.4. The number of hydrogen-bond donors (Lipinski definition) is 2. The normalized spacial score (nSPS) is 21.5. The summed E-state index contributed by atoms with van der Waals surface area (Å²) >= 11 is 0. The van der Waals surface area contributed by atoms with E-state index >= 15 is 0 Å². The van der Waals surface area contributed by atoms with Gasteiger partial charge in [-0.15, -0.1) is 0 Å². The van der Waals surface area contributed by atoms with E-state index in [1.165, 1.54) is 32.8 Å². The zero-order valence-electron chi connectivity index (χ0n) is 19.3. The molecule has 2 atom stereocenters. The van der Waals surface area contributed by atoms with Crippen molar-refractivity contribution < 1.29 is 19.1 Å². The minimum atomic E-state index is -0.718. The van der Waals surface area contributed by atoms with E-state index in [9.17, 15) is 14.4 Å². The van der Waals surface area contributed by atoms with E-state index in [1.54, 1.807) is 0 Å². The number of amides is 2. The molecule has 0 aromatic rings. The van der Waals surface area contributed by atoms with Crippen LogP contribution in [-0.4, -0.2) is 37.0 Å². The van der Waals surface area contributed by atoms with Gasteiger partial charge in [0.2, 0.25) is 11.8 Å². The Hall–Kier alpha value is -1.59. The zero-order chi connectivity index (χ0) is 22.0. The van der Waals surface area contributed by atoms with Crippen molar-refractivity contribution in [3.05, 3.63) is 0 Å². The number of carbonyl (C=O) groups is 3. The van der Waals surface area contributed by atoms with Crippen molar-refractivity contribution in [2.24, 2.45) is 23.7 Å². The average Bonchev–Trinajstić information content (AvgIpc) is 2.69. The van der Waals surface area contributed by atoms with Gasteiger partial charge in [-0.05, 0) is 43.4 Å². The van der Waals surface area contributed by atoms with Crippen LogP contribution in [0.15, 0.2) is 0 Å². The molecule has 1 aliphatic rings. The number of rotatable bonds is 11. The number of methoxy groups -OCH3 is 1. The molecule has 0 heterocycles. The Labute approximate surface area is 176 Å². The molecule has 1 rings (SSSR count). The fourth-order valence-electron chi connectivity index (χ4n) is 4.07. The van der Waals surface area contributed by atoms with Crippen LogP contribution in [0.3, 0.4) is 0 Å². The summed E-state index contributed by atoms with van der Waals surface area (Å²) in [5.41, 5.74) is 0. The number of nitrogens with one attached hydrogen (secondary N) is 2. The van der Waals surface area contributed by atoms with E-state index < -0.39 is 18.1 Å². The number of esters is 1. The highest BCUT2D eigenvalue weighted by atomic mass is 16.5. The minimum Gasteiger partial charge on any atom is -0.467 e. The van der Waals surface area contributed by atoms with E-state index in [2.05, 4.69) is 17.6 Å². The van der Waals surface area contributed by atoms with Gasteiger partial charge >= 0.3 is 5.97 Å². The SMILES string of the molecule is CCCCCC1CCC(C(=O)N[C@H](C(=O)N[C@H](C(=O)OC)C(C)C)C(C)C)CC1. The Morgan fingerprint density at radius 3 is 1.97 bits per heavy atom. The molecule has 29 heavy (non-hydrogen) atoms. The van der Waals surface area contributed by atoms with Crippen LogP contribution in [0.2, 0.25) is 0 Å². The molecule has 0 unspecified atom stereocenters. The molecule has 2 amide bonds. The minimum absolute atomic E-state index is 0.0204. The van der Waals surface area contributed by atoms with E-state index in [-0.39, 0.29) is 29.6 Å². The van der Waals surface area contributed by atoms with Crippen LogP contribution in [0.25, 0.3) is 0 Å². The van der Waals surface area contributed by atoms with E-state index in [0.29, 0.717) is 0 Å². The second-order valence-corrected chi connectivity index (χ2v) is 9.20. The van der Waals surface area contributed by atoms with Gasteiger partial charge in [-0.1, -0.05) is 60.3 Å². The van der Waals surface area contributed by atoms with E-state index in [1.807, 2.05) is 27.7 Å². The third-order valence-electron chi connectivity index (χ3n) is 6.10. The highest BCUT2D eigenvalue weighted by molar-refractivity contribution is 5.91. The second-order valence-electron chi connectivity index (χ2n) is 9.20. The Bertz CT molecular complexity index is 525. The van der Waals surface area contributed by atoms with Crippen molar-refractivity contribution in [2.75, 3.05) is 7.11 Å². The smallest absolute Gasteiger partial charge is 0.328 e. The predicted octanol–water partition coefficient (Wildman–Crippen LogP) is 3.83. The summed E-state index contributed by atoms with van der Waals surface area (Å²) in [7, 11) is 1.31. The van der Waals surface area contributed by atoms with E-state index in [0.717, 1.165) is 31.6 Å². The molecule has 1 fully saturated rings. The lowest BCUT2D eigenvalue weighted by atomic mass is 9.79. The fourth-order valence-corrected chi connectivity index (χ4v) is 4.07. The lowest BCUT2D eigenvalue weighted by Crippen LogP contribution is -2.56. The molecule has 6 nitrogen and oxygen atoms in total. The molecule has 6 heteroatoms. The summed E-state index contributed by atoms with van der Waals surface area (Å²) in [6.07, 6.45) is 9.06. The Balaban J connectivity index is 2.61. The Morgan fingerprint density at radius 2 is 1.48 bits per heavy atom. The van der Waals surface area contributed by atoms with Gasteiger partial charge in [-0.3, -0.25) is 9.59 Å².